The van der Waals surface area contributed by atoms with E-state index in [1.165, 1.54) is 6.33 Å². The van der Waals surface area contributed by atoms with Crippen LogP contribution in [0.1, 0.15) is 0 Å². The lowest BCUT2D eigenvalue weighted by atomic mass is 10.4. The predicted octanol–water partition coefficient (Wildman–Crippen LogP) is 0.357. The Kier molecular flexibility index (Phi) is 1.91. The Morgan fingerprint density at radius 3 is 2.91 bits per heavy atom. The molecule has 0 aliphatic carbocycles. The van der Waals surface area contributed by atoms with Gasteiger partial charge in [0.05, 0.1) is 5.39 Å². The number of nitrogen functional groups attached to an aromatic ring is 1. The maximum atomic E-state index is 5.49. The highest BCUT2D eigenvalue weighted by Crippen LogP contribution is 2.11. The summed E-state index contributed by atoms with van der Waals surface area (Å²) in [6.45, 7) is 0. The average Bonchev–Trinajstić information content (AvgIpc) is 2.36. The summed E-state index contributed by atoms with van der Waals surface area (Å²) < 4.78 is 0. The molecule has 5 nitrogen and oxygen atoms in total. The summed E-state index contributed by atoms with van der Waals surface area (Å²) >= 11 is 0. The highest BCUT2D eigenvalue weighted by Gasteiger charge is 1.99. The van der Waals surface area contributed by atoms with Gasteiger partial charge in [-0.2, -0.15) is 5.10 Å². The van der Waals surface area contributed by atoms with Crippen LogP contribution in [0.25, 0.3) is 11.0 Å². The third-order valence-corrected chi connectivity index (χ3v) is 1.27. The van der Waals surface area contributed by atoms with Crippen molar-refractivity contribution in [2.75, 3.05) is 5.73 Å². The molecule has 3 N–H and O–H groups in total. The predicted molar refractivity (Wildman–Crippen MR) is 43.3 cm³/mol. The van der Waals surface area contributed by atoms with E-state index >= 15 is 0 Å². The van der Waals surface area contributed by atoms with Gasteiger partial charge in [-0.15, -0.1) is 12.4 Å². The van der Waals surface area contributed by atoms with Crippen molar-refractivity contribution in [2.45, 2.75) is 0 Å². The Morgan fingerprint density at radius 1 is 1.36 bits per heavy atom. The van der Waals surface area contributed by atoms with E-state index in [0.29, 0.717) is 11.5 Å². The van der Waals surface area contributed by atoms with Gasteiger partial charge in [-0.05, 0) is 0 Å². The normalized spacial score (nSPS) is 9.45. The third-order valence-electron chi connectivity index (χ3n) is 1.27. The van der Waals surface area contributed by atoms with Crippen LogP contribution in [0.2, 0.25) is 0 Å². The molecule has 2 rings (SSSR count). The van der Waals surface area contributed by atoms with Crippen molar-refractivity contribution in [1.82, 2.24) is 20.2 Å². The van der Waals surface area contributed by atoms with Gasteiger partial charge in [0, 0.05) is 6.20 Å². The van der Waals surface area contributed by atoms with E-state index in [4.69, 9.17) is 5.73 Å². The van der Waals surface area contributed by atoms with Crippen molar-refractivity contribution < 1.29 is 0 Å². The lowest BCUT2D eigenvalue weighted by Crippen LogP contribution is -1.90. The number of halogens is 1. The zero-order valence-electron chi connectivity index (χ0n) is 5.48. The molecule has 0 amide bonds. The van der Waals surface area contributed by atoms with Crippen LogP contribution in [0.15, 0.2) is 12.5 Å². The van der Waals surface area contributed by atoms with Crippen molar-refractivity contribution >= 4 is 29.3 Å². The highest BCUT2D eigenvalue weighted by molar-refractivity contribution is 5.85. The smallest absolute Gasteiger partial charge is 0.186 e. The van der Waals surface area contributed by atoms with Crippen LogP contribution in [-0.2, 0) is 0 Å². The fourth-order valence-corrected chi connectivity index (χ4v) is 0.785. The lowest BCUT2D eigenvalue weighted by molar-refractivity contribution is 1.09. The first-order valence-corrected chi connectivity index (χ1v) is 2.78. The van der Waals surface area contributed by atoms with Gasteiger partial charge < -0.3 is 5.73 Å². The van der Waals surface area contributed by atoms with Gasteiger partial charge >= 0.3 is 0 Å². The molecular formula is C5H6ClN5. The molecule has 0 radical (unpaired) electrons. The van der Waals surface area contributed by atoms with Crippen molar-refractivity contribution in [1.29, 1.82) is 0 Å². The Bertz CT molecular complexity index is 356. The molecule has 0 bridgehead atoms. The molecule has 0 unspecified atom stereocenters. The monoisotopic (exact) mass is 171 g/mol. The summed E-state index contributed by atoms with van der Waals surface area (Å²) in [5.74, 6) is 0.457. The first kappa shape index (κ1) is 7.74. The van der Waals surface area contributed by atoms with Gasteiger partial charge in [0.2, 0.25) is 0 Å². The summed E-state index contributed by atoms with van der Waals surface area (Å²) in [5.41, 5.74) is 6.09. The molecule has 2 heterocycles. The molecule has 0 saturated carbocycles. The van der Waals surface area contributed by atoms with Crippen LogP contribution >= 0.6 is 12.4 Å². The van der Waals surface area contributed by atoms with Crippen LogP contribution in [0.5, 0.6) is 0 Å². The van der Waals surface area contributed by atoms with E-state index in [1.807, 2.05) is 0 Å². The average molecular weight is 172 g/mol. The van der Waals surface area contributed by atoms with Gasteiger partial charge in [0.25, 0.3) is 0 Å². The molecule has 2 aromatic heterocycles. The van der Waals surface area contributed by atoms with Crippen molar-refractivity contribution in [2.24, 2.45) is 0 Å². The van der Waals surface area contributed by atoms with E-state index in [-0.39, 0.29) is 12.4 Å². The number of aromatic nitrogens is 4. The zero-order valence-corrected chi connectivity index (χ0v) is 6.30. The molecule has 6 heteroatoms. The Balaban J connectivity index is 0.000000605. The highest BCUT2D eigenvalue weighted by atomic mass is 35.5. The second-order valence-corrected chi connectivity index (χ2v) is 1.88. The fourth-order valence-electron chi connectivity index (χ4n) is 0.785. The van der Waals surface area contributed by atoms with Crippen LogP contribution in [-0.4, -0.2) is 20.2 Å². The minimum atomic E-state index is 0. The number of nitrogens with zero attached hydrogens (tertiary/aromatic N) is 3. The second kappa shape index (κ2) is 2.71. The van der Waals surface area contributed by atoms with E-state index in [2.05, 4.69) is 20.2 Å². The van der Waals surface area contributed by atoms with Crippen molar-refractivity contribution in [3.05, 3.63) is 12.5 Å². The molecule has 0 saturated heterocycles. The second-order valence-electron chi connectivity index (χ2n) is 1.88. The quantitative estimate of drug-likeness (QED) is 0.600. The molecule has 0 fully saturated rings. The van der Waals surface area contributed by atoms with Gasteiger partial charge in [-0.25, -0.2) is 9.97 Å². The number of aromatic amines is 1. The van der Waals surface area contributed by atoms with E-state index in [1.54, 1.807) is 6.20 Å². The number of H-pyrrole nitrogens is 1. The summed E-state index contributed by atoms with van der Waals surface area (Å²) in [7, 11) is 0. The molecule has 2 aromatic rings. The van der Waals surface area contributed by atoms with Crippen molar-refractivity contribution in [3.8, 4) is 0 Å². The maximum absolute atomic E-state index is 5.49. The Morgan fingerprint density at radius 2 is 2.18 bits per heavy atom. The first-order chi connectivity index (χ1) is 4.88. The number of rotatable bonds is 0. The third kappa shape index (κ3) is 1.10. The standard InChI is InChI=1S/C5H5N5.ClH/c6-4-3-1-9-10-5(3)8-2-7-4;/h1-2H,(H3,6,7,8,9,10);1H. The molecule has 0 aliphatic heterocycles. The minimum absolute atomic E-state index is 0. The Labute approximate surface area is 68.4 Å². The van der Waals surface area contributed by atoms with E-state index in [9.17, 15) is 0 Å². The molecule has 58 valence electrons. The van der Waals surface area contributed by atoms with Gasteiger partial charge in [0.1, 0.15) is 12.1 Å². The number of nitrogens with two attached hydrogens (primary N) is 1. The molecule has 11 heavy (non-hydrogen) atoms. The summed E-state index contributed by atoms with van der Waals surface area (Å²) in [6.07, 6.45) is 3.06. The number of hydrogen-bond acceptors (Lipinski definition) is 4. The molecule has 0 aromatic carbocycles. The summed E-state index contributed by atoms with van der Waals surface area (Å²) in [6, 6.07) is 0. The lowest BCUT2D eigenvalue weighted by Gasteiger charge is -1.88. The summed E-state index contributed by atoms with van der Waals surface area (Å²) in [4.78, 5) is 7.65. The van der Waals surface area contributed by atoms with Crippen LogP contribution in [0, 0.1) is 0 Å². The van der Waals surface area contributed by atoms with Gasteiger partial charge in [0.15, 0.2) is 5.65 Å². The number of fused-ring (bicyclic) bond motifs is 1. The van der Waals surface area contributed by atoms with Crippen molar-refractivity contribution in [3.63, 3.8) is 0 Å². The molecular weight excluding hydrogens is 166 g/mol. The minimum Gasteiger partial charge on any atom is -0.383 e. The van der Waals surface area contributed by atoms with Gasteiger partial charge in [-0.3, -0.25) is 5.10 Å². The maximum Gasteiger partial charge on any atom is 0.186 e. The molecule has 0 aliphatic rings. The fraction of sp³-hybridized carbons (Fsp3) is 0. The van der Waals surface area contributed by atoms with E-state index in [0.717, 1.165) is 5.39 Å². The number of hydrogen-bond donors (Lipinski definition) is 2. The van der Waals surface area contributed by atoms with Crippen LogP contribution in [0.3, 0.4) is 0 Å². The molecule has 0 atom stereocenters. The van der Waals surface area contributed by atoms with E-state index < -0.39 is 0 Å². The largest absolute Gasteiger partial charge is 0.383 e. The molecule has 0 spiro atoms. The SMILES string of the molecule is Cl.Nc1ncnc2n[nH]cc12. The van der Waals surface area contributed by atoms with Gasteiger partial charge in [-0.1, -0.05) is 0 Å². The topological polar surface area (TPSA) is 80.5 Å². The number of anilines is 1. The first-order valence-electron chi connectivity index (χ1n) is 2.78. The van der Waals surface area contributed by atoms with Crippen LogP contribution in [0.4, 0.5) is 5.82 Å². The zero-order chi connectivity index (χ0) is 6.97. The van der Waals surface area contributed by atoms with Crippen LogP contribution < -0.4 is 5.73 Å². The number of nitrogens with one attached hydrogen (secondary N) is 1. The Hall–Kier alpha value is -1.36. The summed E-state index contributed by atoms with van der Waals surface area (Å²) in [5, 5.41) is 7.24.